The first-order valence-electron chi connectivity index (χ1n) is 12.1. The molecule has 0 spiro atoms. The van der Waals surface area contributed by atoms with Crippen LogP contribution >= 0.6 is 0 Å². The Morgan fingerprint density at radius 1 is 1.09 bits per heavy atom. The van der Waals surface area contributed by atoms with E-state index in [4.69, 9.17) is 14.7 Å². The van der Waals surface area contributed by atoms with Crippen molar-refractivity contribution in [2.45, 2.75) is 84.6 Å². The average Bonchev–Trinajstić information content (AvgIpc) is 2.68. The van der Waals surface area contributed by atoms with Crippen molar-refractivity contribution in [3.63, 3.8) is 0 Å². The molecule has 2 bridgehead atoms. The summed E-state index contributed by atoms with van der Waals surface area (Å²) in [6.07, 6.45) is 4.38. The normalized spacial score (nSPS) is 27.2. The topological polar surface area (TPSA) is 37.3 Å². The van der Waals surface area contributed by atoms with Gasteiger partial charge < -0.3 is 14.5 Å². The molecule has 1 aromatic rings. The molecule has 0 amide bonds. The summed E-state index contributed by atoms with van der Waals surface area (Å²) in [4.78, 5) is 10.5. The summed E-state index contributed by atoms with van der Waals surface area (Å²) >= 11 is 0. The third-order valence-electron chi connectivity index (χ3n) is 7.04. The zero-order valence-electron chi connectivity index (χ0n) is 21.6. The number of oxime groups is 1. The fraction of sp³-hybridized carbons (Fsp3) is 0.667. The lowest BCUT2D eigenvalue weighted by Gasteiger charge is -2.55. The van der Waals surface area contributed by atoms with Gasteiger partial charge in [-0.1, -0.05) is 17.3 Å². The summed E-state index contributed by atoms with van der Waals surface area (Å²) in [6, 6.07) is 9.66. The van der Waals surface area contributed by atoms with Crippen molar-refractivity contribution in [3.05, 3.63) is 35.4 Å². The summed E-state index contributed by atoms with van der Waals surface area (Å²) in [7, 11) is 4.13. The second-order valence-electron chi connectivity index (χ2n) is 10.8. The first-order valence-corrected chi connectivity index (χ1v) is 12.1. The number of fused-ring (bicyclic) bond motifs is 3. The molecule has 0 aromatic heterocycles. The van der Waals surface area contributed by atoms with Crippen LogP contribution in [0.3, 0.4) is 0 Å². The van der Waals surface area contributed by atoms with E-state index in [1.54, 1.807) is 0 Å². The maximum Gasteiger partial charge on any atom is 0.129 e. The van der Waals surface area contributed by atoms with Crippen molar-refractivity contribution in [1.29, 1.82) is 0 Å². The fourth-order valence-corrected chi connectivity index (χ4v) is 5.37. The van der Waals surface area contributed by atoms with Crippen molar-refractivity contribution in [2.24, 2.45) is 11.1 Å². The quantitative estimate of drug-likeness (QED) is 0.388. The Hall–Kier alpha value is -1.85. The van der Waals surface area contributed by atoms with Crippen molar-refractivity contribution < 1.29 is 9.57 Å². The minimum Gasteiger partial charge on any atom is -0.394 e. The molecule has 2 aliphatic heterocycles. The van der Waals surface area contributed by atoms with Crippen LogP contribution < -0.4 is 4.90 Å². The second kappa shape index (κ2) is 9.56. The molecule has 4 rings (SSSR count). The molecule has 1 aromatic carbocycles. The average molecular weight is 442 g/mol. The monoisotopic (exact) mass is 441 g/mol. The number of anilines is 1. The predicted octanol–water partition coefficient (Wildman–Crippen LogP) is 5.60. The van der Waals surface area contributed by atoms with Crippen LogP contribution in [0.25, 0.3) is 6.08 Å². The van der Waals surface area contributed by atoms with E-state index >= 15 is 0 Å². The van der Waals surface area contributed by atoms with Gasteiger partial charge in [-0.05, 0) is 90.7 Å². The molecule has 178 valence electrons. The molecule has 2 unspecified atom stereocenters. The van der Waals surface area contributed by atoms with Gasteiger partial charge in [-0.2, -0.15) is 0 Å². The molecule has 32 heavy (non-hydrogen) atoms. The zero-order valence-corrected chi connectivity index (χ0v) is 21.6. The summed E-state index contributed by atoms with van der Waals surface area (Å²) in [5.41, 5.74) is 3.99. The van der Waals surface area contributed by atoms with Crippen molar-refractivity contribution in [1.82, 2.24) is 4.90 Å². The third kappa shape index (κ3) is 5.20. The summed E-state index contributed by atoms with van der Waals surface area (Å²) < 4.78 is 6.58. The molecule has 2 atom stereocenters. The van der Waals surface area contributed by atoms with Gasteiger partial charge in [0.25, 0.3) is 0 Å². The van der Waals surface area contributed by atoms with E-state index in [-0.39, 0.29) is 5.60 Å². The van der Waals surface area contributed by atoms with Crippen LogP contribution in [-0.4, -0.2) is 61.1 Å². The highest BCUT2D eigenvalue weighted by Gasteiger charge is 2.55. The molecule has 3 aliphatic rings. The van der Waals surface area contributed by atoms with Crippen molar-refractivity contribution >= 4 is 17.5 Å². The Balaban J connectivity index is 1.87. The van der Waals surface area contributed by atoms with Gasteiger partial charge in [0.05, 0.1) is 5.60 Å². The first kappa shape index (κ1) is 24.8. The number of hydrogen-bond donors (Lipinski definition) is 0. The smallest absolute Gasteiger partial charge is 0.129 e. The highest BCUT2D eigenvalue weighted by Crippen LogP contribution is 2.51. The fourth-order valence-electron chi connectivity index (χ4n) is 5.37. The second-order valence-corrected chi connectivity index (χ2v) is 10.8. The third-order valence-corrected chi connectivity index (χ3v) is 7.04. The van der Waals surface area contributed by atoms with Crippen LogP contribution in [0.2, 0.25) is 0 Å². The van der Waals surface area contributed by atoms with E-state index in [0.717, 1.165) is 25.1 Å². The minimum atomic E-state index is -0.413. The van der Waals surface area contributed by atoms with Gasteiger partial charge in [0.2, 0.25) is 0 Å². The van der Waals surface area contributed by atoms with Crippen molar-refractivity contribution in [2.75, 3.05) is 32.1 Å². The lowest BCUT2D eigenvalue weighted by molar-refractivity contribution is -0.165. The lowest BCUT2D eigenvalue weighted by Crippen LogP contribution is -2.60. The Bertz CT molecular complexity index is 831. The number of hydrogen-bond acceptors (Lipinski definition) is 5. The van der Waals surface area contributed by atoms with E-state index in [2.05, 4.69) is 103 Å². The maximum atomic E-state index is 6.58. The van der Waals surface area contributed by atoms with Gasteiger partial charge in [0, 0.05) is 44.3 Å². The van der Waals surface area contributed by atoms with E-state index in [1.165, 1.54) is 16.8 Å². The summed E-state index contributed by atoms with van der Waals surface area (Å²) in [5, 5.41) is 4.71. The van der Waals surface area contributed by atoms with Crippen LogP contribution in [0.1, 0.15) is 66.9 Å². The van der Waals surface area contributed by atoms with E-state index < -0.39 is 5.60 Å². The first-order chi connectivity index (χ1) is 14.9. The molecule has 3 fully saturated rings. The highest BCUT2D eigenvalue weighted by molar-refractivity contribution is 6.10. The van der Waals surface area contributed by atoms with E-state index in [1.807, 2.05) is 0 Å². The van der Waals surface area contributed by atoms with Gasteiger partial charge in [0.1, 0.15) is 17.9 Å². The van der Waals surface area contributed by atoms with Gasteiger partial charge in [-0.3, -0.25) is 4.90 Å². The van der Waals surface area contributed by atoms with Crippen molar-refractivity contribution in [3.8, 4) is 0 Å². The molecule has 0 radical (unpaired) electrons. The molecule has 1 aliphatic carbocycles. The van der Waals surface area contributed by atoms with E-state index in [9.17, 15) is 0 Å². The Morgan fingerprint density at radius 3 is 2.25 bits per heavy atom. The van der Waals surface area contributed by atoms with Crippen LogP contribution in [-0.2, 0) is 9.57 Å². The molecule has 2 heterocycles. The summed E-state index contributed by atoms with van der Waals surface area (Å²) in [5.74, 6) is 0.308. The molecule has 5 nitrogen and oxygen atoms in total. The molecule has 5 heteroatoms. The van der Waals surface area contributed by atoms with Crippen LogP contribution in [0.5, 0.6) is 0 Å². The molecule has 1 saturated carbocycles. The van der Waals surface area contributed by atoms with Gasteiger partial charge in [-0.15, -0.1) is 0 Å². The SMILES string of the molecule is CC(C)N(CCO/N=C1/C(=C/c2ccc(N(C)C)cc2)C2CCC1(C)OC2(C)C)C(C)C. The highest BCUT2D eigenvalue weighted by atomic mass is 16.6. The van der Waals surface area contributed by atoms with Gasteiger partial charge >= 0.3 is 0 Å². The van der Waals surface area contributed by atoms with Crippen LogP contribution in [0.4, 0.5) is 5.69 Å². The molecular weight excluding hydrogens is 398 g/mol. The number of benzene rings is 1. The Kier molecular flexibility index (Phi) is 7.41. The van der Waals surface area contributed by atoms with Gasteiger partial charge in [-0.25, -0.2) is 0 Å². The Labute approximate surface area is 195 Å². The number of ether oxygens (including phenoxy) is 1. The molecular formula is C27H43N3O2. The minimum absolute atomic E-state index is 0.215. The van der Waals surface area contributed by atoms with Crippen LogP contribution in [0.15, 0.2) is 35.0 Å². The largest absolute Gasteiger partial charge is 0.394 e. The lowest BCUT2D eigenvalue weighted by atomic mass is 9.64. The number of rotatable bonds is 8. The molecule has 2 saturated heterocycles. The predicted molar refractivity (Wildman–Crippen MR) is 135 cm³/mol. The number of nitrogens with zero attached hydrogens (tertiary/aromatic N) is 3. The van der Waals surface area contributed by atoms with E-state index in [0.29, 0.717) is 24.6 Å². The summed E-state index contributed by atoms with van der Waals surface area (Å²) in [6.45, 7) is 16.9. The standard InChI is InChI=1S/C27H43N3O2/c1-19(2)30(20(3)4)16-17-31-28-25-23(18-21-10-12-22(13-11-21)29(8)9)24-14-15-27(25,7)32-26(24,5)6/h10-13,18-20,24H,14-17H2,1-9H3/b23-18+,28-25-. The molecule has 0 N–H and O–H groups in total. The zero-order chi connectivity index (χ0) is 23.7. The van der Waals surface area contributed by atoms with Crippen LogP contribution in [0, 0.1) is 5.92 Å². The van der Waals surface area contributed by atoms with Gasteiger partial charge in [0.15, 0.2) is 0 Å². The maximum absolute atomic E-state index is 6.58. The Morgan fingerprint density at radius 2 is 1.72 bits per heavy atom.